The van der Waals surface area contributed by atoms with Gasteiger partial charge in [0.25, 0.3) is 11.8 Å². The molecular weight excluding hydrogens is 419 g/mol. The minimum absolute atomic E-state index is 0.0481. The number of hydrogen-bond donors (Lipinski definition) is 2. The average molecular weight is 439 g/mol. The standard InChI is InChI=1S/C19H20F3N5O4/c1-11-17(31-10-19(20,21)22)25-7-12(26-11)8-27-9-14-13(18(27)30)3-5-23-15(14)16(29)24-4-2-6-28/h3,5,7,28H,2,4,6,8-10H2,1H3,(H,24,29). The van der Waals surface area contributed by atoms with E-state index >= 15 is 0 Å². The molecule has 0 aliphatic carbocycles. The van der Waals surface area contributed by atoms with E-state index in [1.807, 2.05) is 0 Å². The summed E-state index contributed by atoms with van der Waals surface area (Å²) in [5.74, 6) is -0.997. The van der Waals surface area contributed by atoms with Crippen LogP contribution in [-0.4, -0.2) is 62.7 Å². The summed E-state index contributed by atoms with van der Waals surface area (Å²) in [6.07, 6.45) is -1.48. The second kappa shape index (κ2) is 9.25. The minimum atomic E-state index is -4.49. The van der Waals surface area contributed by atoms with Crippen molar-refractivity contribution in [2.24, 2.45) is 0 Å². The molecule has 0 radical (unpaired) electrons. The summed E-state index contributed by atoms with van der Waals surface area (Å²) in [6, 6.07) is 1.52. The molecular formula is C19H20F3N5O4. The van der Waals surface area contributed by atoms with Crippen molar-refractivity contribution in [1.29, 1.82) is 0 Å². The molecule has 9 nitrogen and oxygen atoms in total. The summed E-state index contributed by atoms with van der Waals surface area (Å²) in [5.41, 5.74) is 1.47. The van der Waals surface area contributed by atoms with E-state index in [2.05, 4.69) is 25.0 Å². The zero-order chi connectivity index (χ0) is 22.6. The topological polar surface area (TPSA) is 118 Å². The molecule has 1 aliphatic heterocycles. The van der Waals surface area contributed by atoms with E-state index in [-0.39, 0.29) is 49.4 Å². The first-order valence-electron chi connectivity index (χ1n) is 9.38. The maximum absolute atomic E-state index is 12.7. The van der Waals surface area contributed by atoms with E-state index < -0.39 is 18.7 Å². The number of aryl methyl sites for hydroxylation is 1. The van der Waals surface area contributed by atoms with Crippen molar-refractivity contribution in [3.8, 4) is 5.88 Å². The zero-order valence-electron chi connectivity index (χ0n) is 16.6. The van der Waals surface area contributed by atoms with Gasteiger partial charge in [0.2, 0.25) is 5.88 Å². The van der Waals surface area contributed by atoms with Gasteiger partial charge in [0.15, 0.2) is 6.61 Å². The lowest BCUT2D eigenvalue weighted by Gasteiger charge is -2.16. The summed E-state index contributed by atoms with van der Waals surface area (Å²) in [7, 11) is 0. The molecule has 31 heavy (non-hydrogen) atoms. The number of fused-ring (bicyclic) bond motifs is 1. The summed E-state index contributed by atoms with van der Waals surface area (Å²) >= 11 is 0. The predicted octanol–water partition coefficient (Wildman–Crippen LogP) is 1.39. The fourth-order valence-corrected chi connectivity index (χ4v) is 3.06. The third-order valence-corrected chi connectivity index (χ3v) is 4.43. The van der Waals surface area contributed by atoms with Crippen LogP contribution in [0.15, 0.2) is 18.5 Å². The summed E-state index contributed by atoms with van der Waals surface area (Å²) in [4.78, 5) is 38.7. The highest BCUT2D eigenvalue weighted by Crippen LogP contribution is 2.26. The van der Waals surface area contributed by atoms with Crippen LogP contribution in [-0.2, 0) is 13.1 Å². The van der Waals surface area contributed by atoms with E-state index in [1.54, 1.807) is 0 Å². The molecule has 166 valence electrons. The van der Waals surface area contributed by atoms with Crippen molar-refractivity contribution < 1.29 is 32.6 Å². The maximum Gasteiger partial charge on any atom is 0.422 e. The second-order valence-electron chi connectivity index (χ2n) is 6.84. The molecule has 2 N–H and O–H groups in total. The molecule has 3 heterocycles. The first-order valence-corrected chi connectivity index (χ1v) is 9.38. The number of nitrogens with zero attached hydrogens (tertiary/aromatic N) is 4. The van der Waals surface area contributed by atoms with Gasteiger partial charge in [-0.2, -0.15) is 13.2 Å². The molecule has 3 rings (SSSR count). The number of alkyl halides is 3. The molecule has 0 aromatic carbocycles. The van der Waals surface area contributed by atoms with Crippen molar-refractivity contribution in [1.82, 2.24) is 25.2 Å². The van der Waals surface area contributed by atoms with Crippen LogP contribution in [0.4, 0.5) is 13.2 Å². The maximum atomic E-state index is 12.7. The fraction of sp³-hybridized carbons (Fsp3) is 0.421. The van der Waals surface area contributed by atoms with E-state index in [1.165, 1.54) is 30.3 Å². The molecule has 2 amide bonds. The number of amides is 2. The number of pyridine rings is 1. The molecule has 0 saturated carbocycles. The minimum Gasteiger partial charge on any atom is -0.467 e. The molecule has 0 saturated heterocycles. The number of carbonyl (C=O) groups is 2. The van der Waals surface area contributed by atoms with Gasteiger partial charge in [-0.1, -0.05) is 0 Å². The third-order valence-electron chi connectivity index (χ3n) is 4.43. The quantitative estimate of drug-likeness (QED) is 0.597. The number of ether oxygens (including phenoxy) is 1. The first kappa shape index (κ1) is 22.4. The van der Waals surface area contributed by atoms with E-state index in [0.717, 1.165) is 0 Å². The van der Waals surface area contributed by atoms with Crippen molar-refractivity contribution in [2.75, 3.05) is 19.8 Å². The first-order chi connectivity index (χ1) is 14.7. The predicted molar refractivity (Wildman–Crippen MR) is 100 cm³/mol. The van der Waals surface area contributed by atoms with Crippen molar-refractivity contribution >= 4 is 11.8 Å². The lowest BCUT2D eigenvalue weighted by atomic mass is 10.1. The molecule has 0 bridgehead atoms. The summed E-state index contributed by atoms with van der Waals surface area (Å²) < 4.78 is 41.6. The van der Waals surface area contributed by atoms with Gasteiger partial charge >= 0.3 is 6.18 Å². The van der Waals surface area contributed by atoms with Gasteiger partial charge in [-0.25, -0.2) is 9.97 Å². The normalized spacial score (nSPS) is 13.3. The molecule has 0 fully saturated rings. The van der Waals surface area contributed by atoms with Crippen LogP contribution in [0.1, 0.15) is 44.2 Å². The van der Waals surface area contributed by atoms with E-state index in [4.69, 9.17) is 5.11 Å². The Kier molecular flexibility index (Phi) is 6.68. The molecule has 2 aromatic heterocycles. The van der Waals surface area contributed by atoms with Crippen molar-refractivity contribution in [2.45, 2.75) is 32.6 Å². The van der Waals surface area contributed by atoms with Gasteiger partial charge in [-0.3, -0.25) is 14.6 Å². The van der Waals surface area contributed by atoms with Crippen LogP contribution < -0.4 is 10.1 Å². The number of aliphatic hydroxyl groups is 1. The van der Waals surface area contributed by atoms with Crippen molar-refractivity contribution in [3.05, 3.63) is 46.7 Å². The van der Waals surface area contributed by atoms with Gasteiger partial charge in [-0.05, 0) is 19.4 Å². The Hall–Kier alpha value is -3.28. The van der Waals surface area contributed by atoms with Gasteiger partial charge in [0.05, 0.1) is 24.1 Å². The average Bonchev–Trinajstić information content (AvgIpc) is 3.02. The molecule has 12 heteroatoms. The van der Waals surface area contributed by atoms with Crippen LogP contribution in [0.5, 0.6) is 5.88 Å². The molecule has 0 unspecified atom stereocenters. The lowest BCUT2D eigenvalue weighted by Crippen LogP contribution is -2.27. The largest absolute Gasteiger partial charge is 0.467 e. The van der Waals surface area contributed by atoms with Crippen LogP contribution in [0.3, 0.4) is 0 Å². The highest BCUT2D eigenvalue weighted by Gasteiger charge is 2.32. The highest BCUT2D eigenvalue weighted by molar-refractivity contribution is 6.03. The van der Waals surface area contributed by atoms with E-state index in [9.17, 15) is 22.8 Å². The number of hydrogen-bond acceptors (Lipinski definition) is 7. The molecule has 0 atom stereocenters. The third kappa shape index (κ3) is 5.45. The lowest BCUT2D eigenvalue weighted by molar-refractivity contribution is -0.154. The van der Waals surface area contributed by atoms with Gasteiger partial charge in [0.1, 0.15) is 5.69 Å². The number of rotatable bonds is 8. The van der Waals surface area contributed by atoms with Gasteiger partial charge in [0, 0.05) is 37.0 Å². The number of aromatic nitrogens is 3. The Morgan fingerprint density at radius 3 is 2.81 bits per heavy atom. The van der Waals surface area contributed by atoms with E-state index in [0.29, 0.717) is 23.2 Å². The second-order valence-corrected chi connectivity index (χ2v) is 6.84. The summed E-state index contributed by atoms with van der Waals surface area (Å²) in [5, 5.41) is 11.5. The molecule has 2 aromatic rings. The number of carbonyl (C=O) groups excluding carboxylic acids is 2. The number of halogens is 3. The molecule has 1 aliphatic rings. The SMILES string of the molecule is Cc1nc(CN2Cc3c(ccnc3C(=O)NCCCO)C2=O)cnc1OCC(F)(F)F. The monoisotopic (exact) mass is 439 g/mol. The fourth-order valence-electron chi connectivity index (χ4n) is 3.06. The van der Waals surface area contributed by atoms with Gasteiger partial charge in [-0.15, -0.1) is 0 Å². The Bertz CT molecular complexity index is 984. The van der Waals surface area contributed by atoms with Crippen LogP contribution >= 0.6 is 0 Å². The van der Waals surface area contributed by atoms with Crippen LogP contribution in [0.25, 0.3) is 0 Å². The summed E-state index contributed by atoms with van der Waals surface area (Å²) in [6.45, 7) is 0.368. The van der Waals surface area contributed by atoms with Crippen LogP contribution in [0.2, 0.25) is 0 Å². The Balaban J connectivity index is 1.71. The van der Waals surface area contributed by atoms with Crippen molar-refractivity contribution in [3.63, 3.8) is 0 Å². The van der Waals surface area contributed by atoms with Crippen LogP contribution in [0, 0.1) is 6.92 Å². The van der Waals surface area contributed by atoms with Gasteiger partial charge < -0.3 is 20.1 Å². The number of nitrogens with one attached hydrogen (secondary N) is 1. The Labute approximate surface area is 175 Å². The molecule has 0 spiro atoms. The Morgan fingerprint density at radius 1 is 1.35 bits per heavy atom. The highest BCUT2D eigenvalue weighted by atomic mass is 19.4. The smallest absolute Gasteiger partial charge is 0.422 e. The number of aliphatic hydroxyl groups excluding tert-OH is 1. The Morgan fingerprint density at radius 2 is 2.13 bits per heavy atom. The zero-order valence-corrected chi connectivity index (χ0v) is 16.6.